The van der Waals surface area contributed by atoms with Gasteiger partial charge in [-0.25, -0.2) is 9.59 Å². The summed E-state index contributed by atoms with van der Waals surface area (Å²) in [6.45, 7) is 0.302. The molecule has 0 aliphatic carbocycles. The van der Waals surface area contributed by atoms with E-state index in [0.717, 1.165) is 0 Å². The van der Waals surface area contributed by atoms with E-state index in [9.17, 15) is 9.59 Å². The van der Waals surface area contributed by atoms with Crippen LogP contribution in [0, 0.1) is 0 Å². The number of cyclic esters (lactones) is 1. The summed E-state index contributed by atoms with van der Waals surface area (Å²) < 4.78 is 10.7. The summed E-state index contributed by atoms with van der Waals surface area (Å²) in [6, 6.07) is 4.66. The molecule has 0 saturated carbocycles. The molecule has 0 spiro atoms. The Hall–Kier alpha value is -1.56. The average molecular weight is 301 g/mol. The van der Waals surface area contributed by atoms with Gasteiger partial charge in [-0.3, -0.25) is 0 Å². The number of ether oxygens (including phenoxy) is 2. The molecule has 1 heterocycles. The number of hydrogen-bond acceptors (Lipinski definition) is 4. The van der Waals surface area contributed by atoms with Crippen molar-refractivity contribution in [2.24, 2.45) is 0 Å². The number of esters is 1. The first-order chi connectivity index (χ1) is 8.09. The molecule has 0 aromatic heterocycles. The Balaban J connectivity index is 2.31. The first kappa shape index (κ1) is 11.9. The Labute approximate surface area is 105 Å². The van der Waals surface area contributed by atoms with Crippen LogP contribution < -0.4 is 4.74 Å². The van der Waals surface area contributed by atoms with Crippen molar-refractivity contribution in [3.8, 4) is 5.75 Å². The summed E-state index contributed by atoms with van der Waals surface area (Å²) >= 11 is 3.20. The van der Waals surface area contributed by atoms with Crippen molar-refractivity contribution in [3.63, 3.8) is 0 Å². The van der Waals surface area contributed by atoms with Crippen molar-refractivity contribution in [3.05, 3.63) is 28.2 Å². The van der Waals surface area contributed by atoms with Gasteiger partial charge in [0, 0.05) is 6.42 Å². The highest BCUT2D eigenvalue weighted by atomic mass is 79.9. The minimum Gasteiger partial charge on any atom is -0.478 e. The largest absolute Gasteiger partial charge is 0.478 e. The molecule has 1 atom stereocenters. The molecule has 0 radical (unpaired) electrons. The SMILES string of the molecule is O=C(O)c1cccc(Br)c1OC1CCOC1=O. The molecule has 17 heavy (non-hydrogen) atoms. The fourth-order valence-corrected chi connectivity index (χ4v) is 1.98. The molecule has 0 amide bonds. The molecule has 6 heteroatoms. The van der Waals surface area contributed by atoms with Crippen LogP contribution in [0.2, 0.25) is 0 Å². The number of halogens is 1. The van der Waals surface area contributed by atoms with Crippen molar-refractivity contribution in [2.45, 2.75) is 12.5 Å². The van der Waals surface area contributed by atoms with E-state index < -0.39 is 18.0 Å². The molecule has 1 aromatic rings. The van der Waals surface area contributed by atoms with Gasteiger partial charge < -0.3 is 14.6 Å². The highest BCUT2D eigenvalue weighted by Gasteiger charge is 2.30. The summed E-state index contributed by atoms with van der Waals surface area (Å²) in [4.78, 5) is 22.3. The highest BCUT2D eigenvalue weighted by Crippen LogP contribution is 2.31. The Bertz CT molecular complexity index is 471. The Kier molecular flexibility index (Phi) is 3.33. The maximum atomic E-state index is 11.3. The smallest absolute Gasteiger partial charge is 0.347 e. The molecular weight excluding hydrogens is 292 g/mol. The normalized spacial score (nSPS) is 18.9. The van der Waals surface area contributed by atoms with Crippen molar-refractivity contribution in [1.82, 2.24) is 0 Å². The second kappa shape index (κ2) is 4.75. The summed E-state index contributed by atoms with van der Waals surface area (Å²) in [5.74, 6) is -1.41. The van der Waals surface area contributed by atoms with Crippen LogP contribution in [0.15, 0.2) is 22.7 Å². The van der Waals surface area contributed by atoms with Gasteiger partial charge in [-0.05, 0) is 28.1 Å². The van der Waals surface area contributed by atoms with Crippen LogP contribution in [0.1, 0.15) is 16.8 Å². The van der Waals surface area contributed by atoms with Gasteiger partial charge in [0.05, 0.1) is 11.1 Å². The lowest BCUT2D eigenvalue weighted by Gasteiger charge is -2.13. The number of hydrogen-bond donors (Lipinski definition) is 1. The van der Waals surface area contributed by atoms with Crippen LogP contribution in [-0.4, -0.2) is 29.8 Å². The van der Waals surface area contributed by atoms with Crippen LogP contribution in [0.4, 0.5) is 0 Å². The lowest BCUT2D eigenvalue weighted by atomic mass is 10.2. The van der Waals surface area contributed by atoms with Crippen molar-refractivity contribution in [2.75, 3.05) is 6.61 Å². The van der Waals surface area contributed by atoms with Crippen LogP contribution in [-0.2, 0) is 9.53 Å². The number of para-hydroxylation sites is 1. The predicted molar refractivity (Wildman–Crippen MR) is 61.1 cm³/mol. The quantitative estimate of drug-likeness (QED) is 0.862. The third kappa shape index (κ3) is 2.41. The number of carbonyl (C=O) groups excluding carboxylic acids is 1. The zero-order chi connectivity index (χ0) is 12.4. The summed E-state index contributed by atoms with van der Waals surface area (Å²) in [5, 5.41) is 9.01. The van der Waals surface area contributed by atoms with E-state index in [1.807, 2.05) is 0 Å². The monoisotopic (exact) mass is 300 g/mol. The first-order valence-electron chi connectivity index (χ1n) is 4.94. The molecule has 1 aliphatic heterocycles. The van der Waals surface area contributed by atoms with Gasteiger partial charge in [-0.1, -0.05) is 6.07 Å². The van der Waals surface area contributed by atoms with E-state index in [4.69, 9.17) is 14.6 Å². The van der Waals surface area contributed by atoms with Crippen LogP contribution >= 0.6 is 15.9 Å². The standard InChI is InChI=1S/C11H9BrO5/c12-7-3-1-2-6(10(13)14)9(7)17-8-4-5-16-11(8)15/h1-3,8H,4-5H2,(H,13,14). The molecule has 2 rings (SSSR count). The molecule has 1 unspecified atom stereocenters. The number of carboxylic acids is 1. The number of carbonyl (C=O) groups is 2. The molecule has 0 bridgehead atoms. The lowest BCUT2D eigenvalue weighted by molar-refractivity contribution is -0.143. The number of benzene rings is 1. The van der Waals surface area contributed by atoms with E-state index in [1.165, 1.54) is 6.07 Å². The number of rotatable bonds is 3. The molecule has 5 nitrogen and oxygen atoms in total. The van der Waals surface area contributed by atoms with Gasteiger partial charge >= 0.3 is 11.9 Å². The Morgan fingerprint density at radius 3 is 2.88 bits per heavy atom. The van der Waals surface area contributed by atoms with Crippen LogP contribution in [0.25, 0.3) is 0 Å². The van der Waals surface area contributed by atoms with Gasteiger partial charge in [-0.15, -0.1) is 0 Å². The van der Waals surface area contributed by atoms with Crippen molar-refractivity contribution in [1.29, 1.82) is 0 Å². The number of carboxylic acid groups (broad SMARTS) is 1. The van der Waals surface area contributed by atoms with Gasteiger partial charge in [0.1, 0.15) is 11.3 Å². The number of aromatic carboxylic acids is 1. The van der Waals surface area contributed by atoms with Gasteiger partial charge in [0.25, 0.3) is 0 Å². The maximum absolute atomic E-state index is 11.3. The molecule has 1 fully saturated rings. The van der Waals surface area contributed by atoms with E-state index in [2.05, 4.69) is 15.9 Å². The summed E-state index contributed by atoms with van der Waals surface area (Å²) in [5.41, 5.74) is 0.0130. The minimum absolute atomic E-state index is 0.0130. The third-order valence-corrected chi connectivity index (χ3v) is 2.97. The summed E-state index contributed by atoms with van der Waals surface area (Å²) in [7, 11) is 0. The van der Waals surface area contributed by atoms with Gasteiger partial charge in [0.15, 0.2) is 6.10 Å². The van der Waals surface area contributed by atoms with Crippen LogP contribution in [0.3, 0.4) is 0 Å². The fraction of sp³-hybridized carbons (Fsp3) is 0.273. The molecule has 1 aliphatic rings. The Morgan fingerprint density at radius 2 is 2.29 bits per heavy atom. The molecule has 1 N–H and O–H groups in total. The van der Waals surface area contributed by atoms with Crippen molar-refractivity contribution >= 4 is 27.9 Å². The van der Waals surface area contributed by atoms with Crippen molar-refractivity contribution < 1.29 is 24.2 Å². The molecular formula is C11H9BrO5. The van der Waals surface area contributed by atoms with Gasteiger partial charge in [0.2, 0.25) is 0 Å². The van der Waals surface area contributed by atoms with Gasteiger partial charge in [-0.2, -0.15) is 0 Å². The van der Waals surface area contributed by atoms with Crippen LogP contribution in [0.5, 0.6) is 5.75 Å². The van der Waals surface area contributed by atoms with E-state index in [0.29, 0.717) is 17.5 Å². The average Bonchev–Trinajstić information content (AvgIpc) is 2.67. The van der Waals surface area contributed by atoms with E-state index in [-0.39, 0.29) is 11.3 Å². The molecule has 1 aromatic carbocycles. The van der Waals surface area contributed by atoms with E-state index >= 15 is 0 Å². The fourth-order valence-electron chi connectivity index (χ4n) is 1.52. The minimum atomic E-state index is -1.10. The zero-order valence-electron chi connectivity index (χ0n) is 8.68. The Morgan fingerprint density at radius 1 is 1.53 bits per heavy atom. The summed E-state index contributed by atoms with van der Waals surface area (Å²) in [6.07, 6.45) is -0.300. The maximum Gasteiger partial charge on any atom is 0.347 e. The third-order valence-electron chi connectivity index (χ3n) is 2.34. The molecule has 90 valence electrons. The molecule has 1 saturated heterocycles. The predicted octanol–water partition coefficient (Wildman–Crippen LogP) is 1.84. The first-order valence-corrected chi connectivity index (χ1v) is 5.74. The lowest BCUT2D eigenvalue weighted by Crippen LogP contribution is -2.23. The second-order valence-corrected chi connectivity index (χ2v) is 4.34. The second-order valence-electron chi connectivity index (χ2n) is 3.48. The van der Waals surface area contributed by atoms with E-state index in [1.54, 1.807) is 12.1 Å². The topological polar surface area (TPSA) is 72.8 Å². The highest BCUT2D eigenvalue weighted by molar-refractivity contribution is 9.10. The zero-order valence-corrected chi connectivity index (χ0v) is 10.3.